The zero-order valence-electron chi connectivity index (χ0n) is 11.0. The molecule has 0 heterocycles. The molecule has 1 N–H and O–H groups in total. The van der Waals surface area contributed by atoms with Gasteiger partial charge in [0.05, 0.1) is 13.2 Å². The molecule has 1 aromatic carbocycles. The summed E-state index contributed by atoms with van der Waals surface area (Å²) in [5, 5.41) is 9.80. The van der Waals surface area contributed by atoms with E-state index in [1.54, 1.807) is 18.2 Å². The van der Waals surface area contributed by atoms with Gasteiger partial charge in [0.25, 0.3) is 0 Å². The van der Waals surface area contributed by atoms with Crippen LogP contribution in [0, 0.1) is 5.82 Å². The molecule has 0 aliphatic heterocycles. The first-order valence-electron chi connectivity index (χ1n) is 6.26. The van der Waals surface area contributed by atoms with Crippen molar-refractivity contribution in [2.45, 2.75) is 32.3 Å². The quantitative estimate of drug-likeness (QED) is 0.726. The van der Waals surface area contributed by atoms with Crippen molar-refractivity contribution in [3.05, 3.63) is 29.6 Å². The van der Waals surface area contributed by atoms with Gasteiger partial charge in [-0.05, 0) is 24.5 Å². The van der Waals surface area contributed by atoms with E-state index in [2.05, 4.69) is 0 Å². The van der Waals surface area contributed by atoms with Crippen LogP contribution in [0.5, 0.6) is 5.75 Å². The number of methoxy groups -OCH3 is 1. The summed E-state index contributed by atoms with van der Waals surface area (Å²) in [6.07, 6.45) is 1.15. The molecule has 1 aromatic rings. The van der Waals surface area contributed by atoms with Gasteiger partial charge in [-0.1, -0.05) is 19.1 Å². The smallest absolute Gasteiger partial charge is 0.168 e. The molecule has 0 radical (unpaired) electrons. The minimum Gasteiger partial charge on any atom is -0.494 e. The fourth-order valence-electron chi connectivity index (χ4n) is 1.69. The van der Waals surface area contributed by atoms with Crippen molar-refractivity contribution in [3.8, 4) is 5.75 Å². The zero-order chi connectivity index (χ0) is 13.4. The molecule has 1 unspecified atom stereocenters. The van der Waals surface area contributed by atoms with Crippen molar-refractivity contribution < 1.29 is 19.0 Å². The van der Waals surface area contributed by atoms with E-state index < -0.39 is 11.9 Å². The van der Waals surface area contributed by atoms with Gasteiger partial charge in [0.1, 0.15) is 0 Å². The van der Waals surface area contributed by atoms with E-state index in [9.17, 15) is 9.50 Å². The molecular weight excluding hydrogens is 235 g/mol. The van der Waals surface area contributed by atoms with Gasteiger partial charge in [-0.15, -0.1) is 0 Å². The van der Waals surface area contributed by atoms with Crippen molar-refractivity contribution >= 4 is 0 Å². The highest BCUT2D eigenvalue weighted by atomic mass is 19.1. The molecule has 0 spiro atoms. The summed E-state index contributed by atoms with van der Waals surface area (Å²) < 4.78 is 24.0. The zero-order valence-corrected chi connectivity index (χ0v) is 11.0. The molecular formula is C14H21FO3. The van der Waals surface area contributed by atoms with Crippen molar-refractivity contribution in [3.63, 3.8) is 0 Å². The van der Waals surface area contributed by atoms with Crippen molar-refractivity contribution in [1.29, 1.82) is 0 Å². The molecule has 4 heteroatoms. The number of halogens is 1. The summed E-state index contributed by atoms with van der Waals surface area (Å²) in [7, 11) is 1.43. The molecule has 0 aliphatic rings. The number of aliphatic hydroxyl groups excluding tert-OH is 1. The van der Waals surface area contributed by atoms with Gasteiger partial charge in [-0.3, -0.25) is 0 Å². The van der Waals surface area contributed by atoms with Gasteiger partial charge < -0.3 is 14.6 Å². The third-order valence-corrected chi connectivity index (χ3v) is 2.66. The monoisotopic (exact) mass is 256 g/mol. The molecule has 0 aromatic heterocycles. The molecule has 0 bridgehead atoms. The first kappa shape index (κ1) is 14.9. The molecule has 0 aliphatic carbocycles. The number of rotatable bonds is 8. The van der Waals surface area contributed by atoms with Crippen molar-refractivity contribution in [2.75, 3.05) is 20.3 Å². The lowest BCUT2D eigenvalue weighted by Gasteiger charge is -2.12. The Bertz CT molecular complexity index is 355. The van der Waals surface area contributed by atoms with Gasteiger partial charge in [0.2, 0.25) is 0 Å². The Morgan fingerprint density at radius 3 is 2.78 bits per heavy atom. The Morgan fingerprint density at radius 1 is 1.33 bits per heavy atom. The molecule has 3 nitrogen and oxygen atoms in total. The molecule has 1 atom stereocenters. The average Bonchev–Trinajstić information content (AvgIpc) is 2.37. The van der Waals surface area contributed by atoms with Gasteiger partial charge in [0, 0.05) is 19.6 Å². The fourth-order valence-corrected chi connectivity index (χ4v) is 1.69. The summed E-state index contributed by atoms with van der Waals surface area (Å²) >= 11 is 0. The summed E-state index contributed by atoms with van der Waals surface area (Å²) in [5.41, 5.74) is 0.470. The van der Waals surface area contributed by atoms with E-state index >= 15 is 0 Å². The molecule has 1 rings (SSSR count). The van der Waals surface area contributed by atoms with E-state index in [-0.39, 0.29) is 12.2 Å². The molecule has 18 heavy (non-hydrogen) atoms. The molecule has 0 amide bonds. The van der Waals surface area contributed by atoms with Crippen LogP contribution in [0.25, 0.3) is 0 Å². The lowest BCUT2D eigenvalue weighted by atomic mass is 10.1. The Kier molecular flexibility index (Phi) is 6.68. The maximum atomic E-state index is 13.8. The van der Waals surface area contributed by atoms with Crippen LogP contribution in [0.4, 0.5) is 4.39 Å². The van der Waals surface area contributed by atoms with Crippen LogP contribution >= 0.6 is 0 Å². The van der Waals surface area contributed by atoms with Gasteiger partial charge in [0.15, 0.2) is 11.6 Å². The predicted octanol–water partition coefficient (Wildman–Crippen LogP) is 2.55. The number of hydrogen-bond acceptors (Lipinski definition) is 3. The number of aliphatic hydroxyl groups is 1. The van der Waals surface area contributed by atoms with Gasteiger partial charge in [-0.25, -0.2) is 4.39 Å². The third-order valence-electron chi connectivity index (χ3n) is 2.66. The SMILES string of the molecule is CCCOCCC(O)Cc1cccc(OC)c1F. The van der Waals surface area contributed by atoms with E-state index in [0.29, 0.717) is 25.2 Å². The maximum Gasteiger partial charge on any atom is 0.168 e. The Morgan fingerprint density at radius 2 is 2.11 bits per heavy atom. The Labute approximate surface area is 108 Å². The highest BCUT2D eigenvalue weighted by Gasteiger charge is 2.12. The summed E-state index contributed by atoms with van der Waals surface area (Å²) in [4.78, 5) is 0. The normalized spacial score (nSPS) is 12.4. The molecule has 0 fully saturated rings. The van der Waals surface area contributed by atoms with Crippen LogP contribution in [-0.4, -0.2) is 31.5 Å². The number of benzene rings is 1. The van der Waals surface area contributed by atoms with Gasteiger partial charge in [-0.2, -0.15) is 0 Å². The van der Waals surface area contributed by atoms with Crippen LogP contribution in [0.3, 0.4) is 0 Å². The van der Waals surface area contributed by atoms with Gasteiger partial charge >= 0.3 is 0 Å². The second-order valence-electron chi connectivity index (χ2n) is 4.19. The van der Waals surface area contributed by atoms with E-state index in [1.807, 2.05) is 6.92 Å². The largest absolute Gasteiger partial charge is 0.494 e. The molecule has 0 saturated carbocycles. The highest BCUT2D eigenvalue weighted by molar-refractivity contribution is 5.31. The Balaban J connectivity index is 2.46. The van der Waals surface area contributed by atoms with Crippen LogP contribution in [0.1, 0.15) is 25.3 Å². The van der Waals surface area contributed by atoms with Crippen molar-refractivity contribution in [1.82, 2.24) is 0 Å². The second-order valence-corrected chi connectivity index (χ2v) is 4.19. The standard InChI is InChI=1S/C14H21FO3/c1-3-8-18-9-7-12(16)10-11-5-4-6-13(17-2)14(11)15/h4-6,12,16H,3,7-10H2,1-2H3. The van der Waals surface area contributed by atoms with Crippen LogP contribution < -0.4 is 4.74 Å². The average molecular weight is 256 g/mol. The minimum atomic E-state index is -0.594. The topological polar surface area (TPSA) is 38.7 Å². The third kappa shape index (κ3) is 4.63. The first-order chi connectivity index (χ1) is 8.69. The number of ether oxygens (including phenoxy) is 2. The van der Waals surface area contributed by atoms with Crippen LogP contribution in [0.2, 0.25) is 0 Å². The summed E-state index contributed by atoms with van der Waals surface area (Å²) in [6, 6.07) is 4.95. The van der Waals surface area contributed by atoms with Crippen molar-refractivity contribution in [2.24, 2.45) is 0 Å². The minimum absolute atomic E-state index is 0.210. The van der Waals surface area contributed by atoms with Crippen LogP contribution in [-0.2, 0) is 11.2 Å². The van der Waals surface area contributed by atoms with E-state index in [0.717, 1.165) is 6.42 Å². The second kappa shape index (κ2) is 8.06. The van der Waals surface area contributed by atoms with E-state index in [1.165, 1.54) is 7.11 Å². The predicted molar refractivity (Wildman–Crippen MR) is 68.4 cm³/mol. The fraction of sp³-hybridized carbons (Fsp3) is 0.571. The Hall–Kier alpha value is -1.13. The lowest BCUT2D eigenvalue weighted by molar-refractivity contribution is 0.0820. The lowest BCUT2D eigenvalue weighted by Crippen LogP contribution is -2.15. The van der Waals surface area contributed by atoms with Crippen LogP contribution in [0.15, 0.2) is 18.2 Å². The maximum absolute atomic E-state index is 13.8. The first-order valence-corrected chi connectivity index (χ1v) is 6.26. The molecule has 102 valence electrons. The van der Waals surface area contributed by atoms with E-state index in [4.69, 9.17) is 9.47 Å². The molecule has 0 saturated heterocycles. The highest BCUT2D eigenvalue weighted by Crippen LogP contribution is 2.21. The summed E-state index contributed by atoms with van der Waals surface area (Å²) in [6.45, 7) is 3.23. The summed E-state index contributed by atoms with van der Waals surface area (Å²) in [5.74, 6) is -0.185. The number of hydrogen-bond donors (Lipinski definition) is 1.